The Labute approximate surface area is 143 Å². The van der Waals surface area contributed by atoms with Gasteiger partial charge in [0.2, 0.25) is 0 Å². The number of hydrogen-bond donors (Lipinski definition) is 2. The number of nitrogen functional groups attached to an aromatic ring is 1. The topological polar surface area (TPSA) is 90.6 Å². The lowest BCUT2D eigenvalue weighted by atomic mass is 9.96. The molecule has 24 heavy (non-hydrogen) atoms. The Bertz CT molecular complexity index is 549. The van der Waals surface area contributed by atoms with Crippen molar-refractivity contribution in [3.63, 3.8) is 0 Å². The number of carbonyl (C=O) groups is 2. The molecule has 3 N–H and O–H groups in total. The van der Waals surface area contributed by atoms with Crippen LogP contribution in [0.1, 0.15) is 39.7 Å². The van der Waals surface area contributed by atoms with Gasteiger partial charge in [0, 0.05) is 11.7 Å². The summed E-state index contributed by atoms with van der Waals surface area (Å²) in [5.41, 5.74) is 6.81. The second kappa shape index (κ2) is 8.57. The maximum Gasteiger partial charge on any atom is 0.407 e. The Balaban J connectivity index is 2.79. The molecule has 2 atom stereocenters. The molecule has 0 aliphatic heterocycles. The Morgan fingerprint density at radius 2 is 1.79 bits per heavy atom. The average Bonchev–Trinajstić information content (AvgIpc) is 2.46. The van der Waals surface area contributed by atoms with Crippen LogP contribution in [-0.2, 0) is 20.7 Å². The van der Waals surface area contributed by atoms with Crippen molar-refractivity contribution in [2.75, 3.05) is 12.8 Å². The van der Waals surface area contributed by atoms with E-state index in [0.29, 0.717) is 18.5 Å². The largest absolute Gasteiger partial charge is 0.469 e. The molecule has 1 unspecified atom stereocenters. The summed E-state index contributed by atoms with van der Waals surface area (Å²) in [5.74, 6) is -0.632. The highest BCUT2D eigenvalue weighted by Gasteiger charge is 2.24. The predicted molar refractivity (Wildman–Crippen MR) is 93.5 cm³/mol. The van der Waals surface area contributed by atoms with Gasteiger partial charge in [0.05, 0.1) is 13.0 Å². The molecule has 0 aliphatic carbocycles. The minimum atomic E-state index is -0.580. The van der Waals surface area contributed by atoms with E-state index in [-0.39, 0.29) is 17.9 Å². The molecule has 0 saturated carbocycles. The van der Waals surface area contributed by atoms with Gasteiger partial charge in [-0.1, -0.05) is 19.1 Å². The lowest BCUT2D eigenvalue weighted by Gasteiger charge is -2.25. The molecule has 6 heteroatoms. The molecule has 0 saturated heterocycles. The first-order valence-corrected chi connectivity index (χ1v) is 8.02. The van der Waals surface area contributed by atoms with E-state index < -0.39 is 11.7 Å². The molecule has 1 rings (SSSR count). The van der Waals surface area contributed by atoms with Gasteiger partial charge in [0.1, 0.15) is 5.60 Å². The lowest BCUT2D eigenvalue weighted by Crippen LogP contribution is -2.41. The molecule has 0 spiro atoms. The SMILES string of the molecule is COC(=O)C(C)C[C@H](Cc1ccc(N)cc1)NC(=O)OC(C)(C)C. The molecular weight excluding hydrogens is 308 g/mol. The minimum Gasteiger partial charge on any atom is -0.469 e. The van der Waals surface area contributed by atoms with Crippen molar-refractivity contribution < 1.29 is 19.1 Å². The number of nitrogens with two attached hydrogens (primary N) is 1. The van der Waals surface area contributed by atoms with E-state index in [1.54, 1.807) is 27.7 Å². The summed E-state index contributed by atoms with van der Waals surface area (Å²) in [7, 11) is 1.36. The van der Waals surface area contributed by atoms with Gasteiger partial charge >= 0.3 is 12.1 Å². The number of amides is 1. The van der Waals surface area contributed by atoms with Crippen LogP contribution in [0.3, 0.4) is 0 Å². The molecule has 0 aromatic heterocycles. The standard InChI is InChI=1S/C18H28N2O4/c1-12(16(21)23-5)10-15(20-17(22)24-18(2,3)4)11-13-6-8-14(19)9-7-13/h6-9,12,15H,10-11,19H2,1-5H3,(H,20,22)/t12?,15-/m1/s1. The van der Waals surface area contributed by atoms with E-state index >= 15 is 0 Å². The van der Waals surface area contributed by atoms with Crippen LogP contribution in [0, 0.1) is 5.92 Å². The third-order valence-electron chi connectivity index (χ3n) is 3.42. The fourth-order valence-electron chi connectivity index (χ4n) is 2.33. The van der Waals surface area contributed by atoms with Crippen molar-refractivity contribution >= 4 is 17.7 Å². The summed E-state index contributed by atoms with van der Waals surface area (Å²) in [5, 5.41) is 2.85. The summed E-state index contributed by atoms with van der Waals surface area (Å²) >= 11 is 0. The average molecular weight is 336 g/mol. The molecule has 1 amide bonds. The second-order valence-corrected chi connectivity index (χ2v) is 6.95. The number of benzene rings is 1. The number of carbonyl (C=O) groups excluding carboxylic acids is 2. The number of rotatable bonds is 6. The fraction of sp³-hybridized carbons (Fsp3) is 0.556. The number of methoxy groups -OCH3 is 1. The first-order chi connectivity index (χ1) is 11.1. The van der Waals surface area contributed by atoms with Crippen LogP contribution in [0.5, 0.6) is 0 Å². The number of nitrogens with one attached hydrogen (secondary N) is 1. The number of ether oxygens (including phenoxy) is 2. The van der Waals surface area contributed by atoms with Gasteiger partial charge < -0.3 is 20.5 Å². The van der Waals surface area contributed by atoms with Gasteiger partial charge in [-0.3, -0.25) is 4.79 Å². The van der Waals surface area contributed by atoms with Crippen molar-refractivity contribution in [1.82, 2.24) is 5.32 Å². The zero-order chi connectivity index (χ0) is 18.3. The zero-order valence-electron chi connectivity index (χ0n) is 15.1. The van der Waals surface area contributed by atoms with Crippen LogP contribution in [0.25, 0.3) is 0 Å². The highest BCUT2D eigenvalue weighted by Crippen LogP contribution is 2.15. The number of alkyl carbamates (subject to hydrolysis) is 1. The van der Waals surface area contributed by atoms with Gasteiger partial charge in [-0.2, -0.15) is 0 Å². The molecule has 6 nitrogen and oxygen atoms in total. The highest BCUT2D eigenvalue weighted by atomic mass is 16.6. The van der Waals surface area contributed by atoms with Crippen LogP contribution >= 0.6 is 0 Å². The summed E-state index contributed by atoms with van der Waals surface area (Å²) < 4.78 is 10.1. The Morgan fingerprint density at radius 1 is 1.21 bits per heavy atom. The highest BCUT2D eigenvalue weighted by molar-refractivity contribution is 5.72. The van der Waals surface area contributed by atoms with Crippen LogP contribution in [0.2, 0.25) is 0 Å². The minimum absolute atomic E-state index is 0.252. The fourth-order valence-corrected chi connectivity index (χ4v) is 2.33. The summed E-state index contributed by atoms with van der Waals surface area (Å²) in [4.78, 5) is 23.7. The Kier molecular flexibility index (Phi) is 7.07. The van der Waals surface area contributed by atoms with Crippen molar-refractivity contribution in [2.45, 2.75) is 52.2 Å². The van der Waals surface area contributed by atoms with Crippen molar-refractivity contribution in [2.24, 2.45) is 5.92 Å². The number of anilines is 1. The molecule has 0 heterocycles. The lowest BCUT2D eigenvalue weighted by molar-refractivity contribution is -0.145. The third-order valence-corrected chi connectivity index (χ3v) is 3.42. The van der Waals surface area contributed by atoms with E-state index in [0.717, 1.165) is 5.56 Å². The smallest absolute Gasteiger partial charge is 0.407 e. The first kappa shape index (κ1) is 19.8. The second-order valence-electron chi connectivity index (χ2n) is 6.95. The molecule has 1 aromatic rings. The number of hydrogen-bond acceptors (Lipinski definition) is 5. The maximum atomic E-state index is 12.1. The van der Waals surface area contributed by atoms with E-state index in [1.807, 2.05) is 24.3 Å². The summed E-state index contributed by atoms with van der Waals surface area (Å²) in [6.07, 6.45) is 0.525. The normalized spacial score (nSPS) is 13.7. The van der Waals surface area contributed by atoms with Gasteiger partial charge in [-0.15, -0.1) is 0 Å². The van der Waals surface area contributed by atoms with Crippen molar-refractivity contribution in [3.8, 4) is 0 Å². The van der Waals surface area contributed by atoms with Crippen LogP contribution in [0.4, 0.5) is 10.5 Å². The van der Waals surface area contributed by atoms with Crippen LogP contribution in [-0.4, -0.2) is 30.8 Å². The molecule has 0 bridgehead atoms. The van der Waals surface area contributed by atoms with E-state index in [4.69, 9.17) is 15.2 Å². The molecule has 0 radical (unpaired) electrons. The predicted octanol–water partition coefficient (Wildman–Crippen LogP) is 2.90. The summed E-state index contributed by atoms with van der Waals surface area (Å²) in [6, 6.07) is 7.18. The van der Waals surface area contributed by atoms with Gasteiger partial charge in [-0.05, 0) is 51.3 Å². The quantitative estimate of drug-likeness (QED) is 0.616. The third kappa shape index (κ3) is 7.35. The van der Waals surface area contributed by atoms with Gasteiger partial charge in [0.25, 0.3) is 0 Å². The Morgan fingerprint density at radius 3 is 2.29 bits per heavy atom. The zero-order valence-corrected chi connectivity index (χ0v) is 15.1. The summed E-state index contributed by atoms with van der Waals surface area (Å²) in [6.45, 7) is 7.19. The Hall–Kier alpha value is -2.24. The number of esters is 1. The molecule has 0 aliphatic rings. The van der Waals surface area contributed by atoms with Crippen molar-refractivity contribution in [3.05, 3.63) is 29.8 Å². The molecule has 134 valence electrons. The van der Waals surface area contributed by atoms with E-state index in [9.17, 15) is 9.59 Å². The van der Waals surface area contributed by atoms with Gasteiger partial charge in [0.15, 0.2) is 0 Å². The monoisotopic (exact) mass is 336 g/mol. The van der Waals surface area contributed by atoms with Crippen LogP contribution in [0.15, 0.2) is 24.3 Å². The van der Waals surface area contributed by atoms with E-state index in [2.05, 4.69) is 5.32 Å². The molecular formula is C18H28N2O4. The van der Waals surface area contributed by atoms with Gasteiger partial charge in [-0.25, -0.2) is 4.79 Å². The molecule has 0 fully saturated rings. The van der Waals surface area contributed by atoms with Crippen molar-refractivity contribution in [1.29, 1.82) is 0 Å². The first-order valence-electron chi connectivity index (χ1n) is 8.02. The molecule has 1 aromatic carbocycles. The maximum absolute atomic E-state index is 12.1. The van der Waals surface area contributed by atoms with E-state index in [1.165, 1.54) is 7.11 Å². The van der Waals surface area contributed by atoms with Crippen LogP contribution < -0.4 is 11.1 Å².